The Balaban J connectivity index is 4.72. The second-order valence-electron chi connectivity index (χ2n) is 6.79. The molecule has 0 aromatic rings. The highest BCUT2D eigenvalue weighted by Crippen LogP contribution is 2.59. The van der Waals surface area contributed by atoms with E-state index in [0.29, 0.717) is 13.2 Å². The molecule has 0 spiro atoms. The Labute approximate surface area is 191 Å². The third-order valence-corrected chi connectivity index (χ3v) is 4.19. The minimum Gasteiger partial charge on any atom is -0.382 e. The molecule has 0 aromatic heterocycles. The molecular formula is C17H25F12NO5. The van der Waals surface area contributed by atoms with Gasteiger partial charge in [0, 0.05) is 7.11 Å². The molecule has 0 saturated heterocycles. The Morgan fingerprint density at radius 1 is 0.457 bits per heavy atom. The number of methoxy groups -OCH3 is 1. The predicted molar refractivity (Wildman–Crippen MR) is 93.9 cm³/mol. The van der Waals surface area contributed by atoms with E-state index in [9.17, 15) is 52.7 Å². The molecule has 0 aliphatic carbocycles. The first-order valence-electron chi connectivity index (χ1n) is 9.64. The monoisotopic (exact) mass is 551 g/mol. The summed E-state index contributed by atoms with van der Waals surface area (Å²) in [5.41, 5.74) is 4.10. The third-order valence-electron chi connectivity index (χ3n) is 4.19. The largest absolute Gasteiger partial charge is 0.384 e. The van der Waals surface area contributed by atoms with Crippen LogP contribution in [0.1, 0.15) is 0 Å². The summed E-state index contributed by atoms with van der Waals surface area (Å²) < 4.78 is 184. The van der Waals surface area contributed by atoms with Crippen LogP contribution in [0, 0.1) is 0 Å². The van der Waals surface area contributed by atoms with Crippen molar-refractivity contribution in [2.24, 2.45) is 5.73 Å². The lowest BCUT2D eigenvalue weighted by Gasteiger charge is -2.41. The highest BCUT2D eigenvalue weighted by Gasteiger charge is 2.89. The van der Waals surface area contributed by atoms with Gasteiger partial charge in [0.15, 0.2) is 0 Å². The molecule has 0 radical (unpaired) electrons. The number of hydrogen-bond donors (Lipinski definition) is 1. The molecule has 0 atom stereocenters. The molecule has 0 aliphatic rings. The normalized spacial score (nSPS) is 14.6. The molecule has 0 aliphatic heterocycles. The Kier molecular flexibility index (Phi) is 13.0. The Hall–Kier alpha value is -1.08. The van der Waals surface area contributed by atoms with Crippen molar-refractivity contribution in [1.82, 2.24) is 0 Å². The quantitative estimate of drug-likeness (QED) is 0.185. The number of halogens is 12. The van der Waals surface area contributed by atoms with Crippen molar-refractivity contribution in [1.29, 1.82) is 0 Å². The lowest BCUT2D eigenvalue weighted by Crippen LogP contribution is -2.72. The minimum absolute atomic E-state index is 0.0230. The van der Waals surface area contributed by atoms with E-state index < -0.39 is 61.9 Å². The molecule has 0 amide bonds. The van der Waals surface area contributed by atoms with Gasteiger partial charge in [-0.15, -0.1) is 0 Å². The molecule has 0 fully saturated rings. The zero-order valence-corrected chi connectivity index (χ0v) is 18.2. The maximum Gasteiger partial charge on any atom is 0.384 e. The molecule has 0 rings (SSSR count). The van der Waals surface area contributed by atoms with Crippen LogP contribution in [0.4, 0.5) is 52.7 Å². The van der Waals surface area contributed by atoms with E-state index in [4.69, 9.17) is 18.9 Å². The van der Waals surface area contributed by atoms with Crippen LogP contribution in [-0.2, 0) is 23.7 Å². The summed E-state index contributed by atoms with van der Waals surface area (Å²) in [7, 11) is 1.47. The van der Waals surface area contributed by atoms with Crippen LogP contribution < -0.4 is 5.73 Å². The zero-order chi connectivity index (χ0) is 27.6. The van der Waals surface area contributed by atoms with Gasteiger partial charge in [-0.1, -0.05) is 0 Å². The summed E-state index contributed by atoms with van der Waals surface area (Å²) in [5.74, 6) is -42.0. The highest BCUT2D eigenvalue weighted by atomic mass is 19.4. The molecule has 0 saturated carbocycles. The summed E-state index contributed by atoms with van der Waals surface area (Å²) in [6.07, 6.45) is 0. The molecule has 2 N–H and O–H groups in total. The first-order valence-corrected chi connectivity index (χ1v) is 9.64. The van der Waals surface area contributed by atoms with E-state index in [1.807, 2.05) is 0 Å². The molecule has 0 bridgehead atoms. The van der Waals surface area contributed by atoms with E-state index in [-0.39, 0.29) is 26.4 Å². The summed E-state index contributed by atoms with van der Waals surface area (Å²) in [6.45, 7) is -5.93. The van der Waals surface area contributed by atoms with Crippen LogP contribution in [-0.4, -0.2) is 109 Å². The molecule has 35 heavy (non-hydrogen) atoms. The fourth-order valence-corrected chi connectivity index (χ4v) is 2.07. The Bertz CT molecular complexity index is 610. The SMILES string of the molecule is COCCOCCOCCOCCOCC(F)(F)C(F)(F)C(F)(F)C(F)(F)C(F)(F)C(F)(F)CN. The van der Waals surface area contributed by atoms with Crippen LogP contribution >= 0.6 is 0 Å². The van der Waals surface area contributed by atoms with Crippen molar-refractivity contribution in [2.45, 2.75) is 35.5 Å². The molecule has 18 heteroatoms. The molecule has 212 valence electrons. The minimum atomic E-state index is -7.64. The van der Waals surface area contributed by atoms with E-state index in [0.717, 1.165) is 0 Å². The lowest BCUT2D eigenvalue weighted by molar-refractivity contribution is -0.426. The van der Waals surface area contributed by atoms with Gasteiger partial charge in [0.1, 0.15) is 6.61 Å². The first-order chi connectivity index (χ1) is 15.9. The van der Waals surface area contributed by atoms with Crippen molar-refractivity contribution < 1.29 is 76.4 Å². The van der Waals surface area contributed by atoms with Gasteiger partial charge in [0.2, 0.25) is 0 Å². The van der Waals surface area contributed by atoms with Crippen LogP contribution in [0.2, 0.25) is 0 Å². The van der Waals surface area contributed by atoms with Gasteiger partial charge >= 0.3 is 35.5 Å². The Morgan fingerprint density at radius 2 is 0.771 bits per heavy atom. The van der Waals surface area contributed by atoms with Crippen LogP contribution in [0.5, 0.6) is 0 Å². The number of alkyl halides is 12. The predicted octanol–water partition coefficient (Wildman–Crippen LogP) is 3.47. The van der Waals surface area contributed by atoms with Crippen molar-refractivity contribution >= 4 is 0 Å². The summed E-state index contributed by atoms with van der Waals surface area (Å²) >= 11 is 0. The average molecular weight is 551 g/mol. The van der Waals surface area contributed by atoms with Crippen LogP contribution in [0.15, 0.2) is 0 Å². The number of rotatable bonds is 20. The van der Waals surface area contributed by atoms with Gasteiger partial charge in [-0.3, -0.25) is 0 Å². The van der Waals surface area contributed by atoms with E-state index in [1.54, 1.807) is 0 Å². The van der Waals surface area contributed by atoms with Crippen molar-refractivity contribution in [3.8, 4) is 0 Å². The summed E-state index contributed by atoms with van der Waals surface area (Å²) in [4.78, 5) is 0. The maximum atomic E-state index is 13.6. The van der Waals surface area contributed by atoms with Crippen LogP contribution in [0.25, 0.3) is 0 Å². The molecule has 0 aromatic carbocycles. The number of hydrogen-bond acceptors (Lipinski definition) is 6. The summed E-state index contributed by atoms with van der Waals surface area (Å²) in [5, 5.41) is 0. The topological polar surface area (TPSA) is 72.2 Å². The van der Waals surface area contributed by atoms with Gasteiger partial charge < -0.3 is 29.4 Å². The second-order valence-corrected chi connectivity index (χ2v) is 6.79. The van der Waals surface area contributed by atoms with E-state index >= 15 is 0 Å². The van der Waals surface area contributed by atoms with Gasteiger partial charge in [0.05, 0.1) is 59.4 Å². The van der Waals surface area contributed by atoms with E-state index in [2.05, 4.69) is 10.5 Å². The Morgan fingerprint density at radius 3 is 1.11 bits per heavy atom. The van der Waals surface area contributed by atoms with Gasteiger partial charge in [-0.05, 0) is 0 Å². The summed E-state index contributed by atoms with van der Waals surface area (Å²) in [6, 6.07) is 0. The molecule has 0 heterocycles. The highest BCUT2D eigenvalue weighted by molar-refractivity contribution is 5.11. The fourth-order valence-electron chi connectivity index (χ4n) is 2.07. The van der Waals surface area contributed by atoms with Gasteiger partial charge in [-0.25, -0.2) is 0 Å². The smallest absolute Gasteiger partial charge is 0.382 e. The third kappa shape index (κ3) is 7.95. The molecule has 6 nitrogen and oxygen atoms in total. The standard InChI is InChI=1S/C17H25F12NO5/c1-31-2-3-32-4-5-33-6-7-34-8-9-35-11-13(20,21)15(24,25)17(28,29)16(26,27)14(22,23)12(18,19)10-30/h2-11,30H2,1H3. The maximum absolute atomic E-state index is 13.6. The second kappa shape index (κ2) is 13.5. The first kappa shape index (κ1) is 33.9. The fraction of sp³-hybridized carbons (Fsp3) is 1.00. The van der Waals surface area contributed by atoms with E-state index in [1.165, 1.54) is 7.11 Å². The molecule has 0 unspecified atom stereocenters. The number of nitrogens with two attached hydrogens (primary N) is 1. The van der Waals surface area contributed by atoms with Gasteiger partial charge in [0.25, 0.3) is 0 Å². The van der Waals surface area contributed by atoms with Gasteiger partial charge in [-0.2, -0.15) is 52.7 Å². The van der Waals surface area contributed by atoms with Crippen molar-refractivity contribution in [3.63, 3.8) is 0 Å². The average Bonchev–Trinajstić information content (AvgIpc) is 2.76. The number of ether oxygens (including phenoxy) is 5. The van der Waals surface area contributed by atoms with Crippen LogP contribution in [0.3, 0.4) is 0 Å². The lowest BCUT2D eigenvalue weighted by atomic mass is 9.91. The van der Waals surface area contributed by atoms with Crippen molar-refractivity contribution in [2.75, 3.05) is 73.1 Å². The molecular weight excluding hydrogens is 526 g/mol. The zero-order valence-electron chi connectivity index (χ0n) is 18.2. The van der Waals surface area contributed by atoms with Crippen molar-refractivity contribution in [3.05, 3.63) is 0 Å².